The van der Waals surface area contributed by atoms with E-state index in [0.29, 0.717) is 85.9 Å². The maximum Gasteiger partial charge on any atom is 0.460 e. The lowest BCUT2D eigenvalue weighted by molar-refractivity contribution is -0.466. The Morgan fingerprint density at radius 2 is 0.446 bits per heavy atom. The molecule has 0 saturated carbocycles. The number of hydrogen-bond acceptors (Lipinski definition) is 13. The molecule has 338 valence electrons. The molecule has 0 atom stereocenters. The highest BCUT2D eigenvalue weighted by Gasteiger charge is 2.91. The van der Waals surface area contributed by atoms with Gasteiger partial charge < -0.3 is 61.9 Å². The van der Waals surface area contributed by atoms with Crippen LogP contribution in [0.4, 0.5) is 57.1 Å². The topological polar surface area (TPSA) is 131 Å². The van der Waals surface area contributed by atoms with Gasteiger partial charge in [-0.2, -0.15) is 57.1 Å². The summed E-state index contributed by atoms with van der Waals surface area (Å²) in [5, 5.41) is 8.56. The molecule has 0 amide bonds. The molecule has 0 aromatic carbocycles. The first kappa shape index (κ1) is 54.6. The van der Waals surface area contributed by atoms with Crippen molar-refractivity contribution < 1.29 is 119 Å². The van der Waals surface area contributed by atoms with E-state index < -0.39 is 55.8 Å². The molecular weight excluding hydrogens is 815 g/mol. The number of rotatable bonds is 40. The van der Waals surface area contributed by atoms with Gasteiger partial charge in [-0.3, -0.25) is 0 Å². The van der Waals surface area contributed by atoms with Gasteiger partial charge in [0.15, 0.2) is 0 Å². The van der Waals surface area contributed by atoms with Crippen LogP contribution in [0.3, 0.4) is 0 Å². The molecule has 26 heteroatoms. The quantitative estimate of drug-likeness (QED) is 0.0708. The molecule has 0 aliphatic rings. The first-order valence-electron chi connectivity index (χ1n) is 16.9. The molecule has 0 aromatic rings. The van der Waals surface area contributed by atoms with E-state index in [1.165, 1.54) is 0 Å². The maximum atomic E-state index is 13.5. The van der Waals surface area contributed by atoms with Gasteiger partial charge in [-0.1, -0.05) is 0 Å². The van der Waals surface area contributed by atoms with Gasteiger partial charge in [-0.05, 0) is 0 Å². The summed E-state index contributed by atoms with van der Waals surface area (Å²) in [5.74, 6) is -31.2. The molecule has 13 nitrogen and oxygen atoms in total. The Kier molecular flexibility index (Phi) is 29.0. The van der Waals surface area contributed by atoms with Gasteiger partial charge in [-0.25, -0.2) is 0 Å². The molecule has 0 saturated heterocycles. The van der Waals surface area contributed by atoms with E-state index in [2.05, 4.69) is 9.47 Å². The molecular formula is C30H49F13O13. The summed E-state index contributed by atoms with van der Waals surface area (Å²) < 4.78 is 230. The third kappa shape index (κ3) is 21.0. The van der Waals surface area contributed by atoms with E-state index in [1.807, 2.05) is 0 Å². The van der Waals surface area contributed by atoms with Crippen LogP contribution in [0, 0.1) is 0 Å². The summed E-state index contributed by atoms with van der Waals surface area (Å²) in [5.41, 5.74) is 0. The summed E-state index contributed by atoms with van der Waals surface area (Å²) >= 11 is 0. The third-order valence-electron chi connectivity index (χ3n) is 6.37. The minimum Gasteiger partial charge on any atom is -0.394 e. The first-order chi connectivity index (χ1) is 26.3. The fourth-order valence-corrected chi connectivity index (χ4v) is 3.44. The summed E-state index contributed by atoms with van der Waals surface area (Å²) in [7, 11) is 0. The van der Waals surface area contributed by atoms with Crippen LogP contribution in [0.2, 0.25) is 0 Å². The zero-order chi connectivity index (χ0) is 42.5. The molecule has 0 radical (unpaired) electrons. The molecule has 0 bridgehead atoms. The second-order valence-corrected chi connectivity index (χ2v) is 10.6. The minimum absolute atomic E-state index is 0.00391. The van der Waals surface area contributed by atoms with Crippen molar-refractivity contribution in [3.63, 3.8) is 0 Å². The first-order valence-corrected chi connectivity index (χ1v) is 16.9. The van der Waals surface area contributed by atoms with Crippen molar-refractivity contribution in [1.82, 2.24) is 0 Å². The average molecular weight is 865 g/mol. The highest BCUT2D eigenvalue weighted by molar-refractivity contribution is 5.08. The zero-order valence-electron chi connectivity index (χ0n) is 30.2. The van der Waals surface area contributed by atoms with Crippen LogP contribution in [0.5, 0.6) is 0 Å². The van der Waals surface area contributed by atoms with Crippen molar-refractivity contribution in [2.75, 3.05) is 159 Å². The summed E-state index contributed by atoms with van der Waals surface area (Å²) in [6, 6.07) is 0. The number of halogens is 13. The lowest BCUT2D eigenvalue weighted by Crippen LogP contribution is -2.70. The molecule has 0 aliphatic carbocycles. The van der Waals surface area contributed by atoms with Crippen molar-refractivity contribution in [1.29, 1.82) is 0 Å². The van der Waals surface area contributed by atoms with Gasteiger partial charge in [0.25, 0.3) is 0 Å². The van der Waals surface area contributed by atoms with Crippen LogP contribution < -0.4 is 0 Å². The van der Waals surface area contributed by atoms with E-state index in [1.54, 1.807) is 0 Å². The van der Waals surface area contributed by atoms with Crippen molar-refractivity contribution in [2.24, 2.45) is 0 Å². The Labute approximate surface area is 314 Å². The Bertz CT molecular complexity index is 941. The van der Waals surface area contributed by atoms with Crippen molar-refractivity contribution in [2.45, 2.75) is 36.0 Å². The van der Waals surface area contributed by atoms with Crippen LogP contribution in [-0.4, -0.2) is 200 Å². The predicted molar refractivity (Wildman–Crippen MR) is 163 cm³/mol. The Balaban J connectivity index is 3.61. The van der Waals surface area contributed by atoms with Crippen molar-refractivity contribution in [3.8, 4) is 0 Å². The lowest BCUT2D eigenvalue weighted by Gasteiger charge is -2.39. The van der Waals surface area contributed by atoms with Gasteiger partial charge >= 0.3 is 36.0 Å². The SMILES string of the molecule is OCCOCCOCCOCCOCCOCCOCCOCCOCCOCCOCCOCCOC(F)(F)C(F)(F)C(F)(F)C(F)(F)C(F)(F)C(F)(F)F. The Morgan fingerprint density at radius 1 is 0.250 bits per heavy atom. The largest absolute Gasteiger partial charge is 0.460 e. The summed E-state index contributed by atoms with van der Waals surface area (Å²) in [6.45, 7) is 2.74. The number of alkyl halides is 13. The molecule has 0 aromatic heterocycles. The second kappa shape index (κ2) is 29.7. The fourth-order valence-electron chi connectivity index (χ4n) is 3.44. The van der Waals surface area contributed by atoms with Crippen LogP contribution in [-0.2, 0) is 56.8 Å². The van der Waals surface area contributed by atoms with Gasteiger partial charge in [-0.15, -0.1) is 0 Å². The van der Waals surface area contributed by atoms with Gasteiger partial charge in [0.2, 0.25) is 0 Å². The van der Waals surface area contributed by atoms with E-state index in [9.17, 15) is 57.1 Å². The van der Waals surface area contributed by atoms with Crippen LogP contribution in [0.1, 0.15) is 0 Å². The molecule has 0 unspecified atom stereocenters. The number of aliphatic hydroxyl groups excluding tert-OH is 1. The van der Waals surface area contributed by atoms with Crippen LogP contribution in [0.15, 0.2) is 0 Å². The maximum absolute atomic E-state index is 13.5. The van der Waals surface area contributed by atoms with Gasteiger partial charge in [0.1, 0.15) is 0 Å². The minimum atomic E-state index is -7.99. The molecule has 0 heterocycles. The number of hydrogen-bond donors (Lipinski definition) is 1. The second-order valence-electron chi connectivity index (χ2n) is 10.6. The van der Waals surface area contributed by atoms with E-state index in [0.717, 1.165) is 0 Å². The predicted octanol–water partition coefficient (Wildman–Crippen LogP) is 3.87. The van der Waals surface area contributed by atoms with Crippen LogP contribution >= 0.6 is 0 Å². The van der Waals surface area contributed by atoms with Crippen molar-refractivity contribution in [3.05, 3.63) is 0 Å². The smallest absolute Gasteiger partial charge is 0.394 e. The zero-order valence-corrected chi connectivity index (χ0v) is 30.2. The Hall–Kier alpha value is -1.43. The highest BCUT2D eigenvalue weighted by Crippen LogP contribution is 2.60. The van der Waals surface area contributed by atoms with Gasteiger partial charge in [0, 0.05) is 0 Å². The van der Waals surface area contributed by atoms with E-state index in [4.69, 9.17) is 52.5 Å². The molecule has 1 N–H and O–H groups in total. The molecule has 56 heavy (non-hydrogen) atoms. The highest BCUT2D eigenvalue weighted by atomic mass is 19.4. The van der Waals surface area contributed by atoms with E-state index >= 15 is 0 Å². The van der Waals surface area contributed by atoms with Crippen molar-refractivity contribution >= 4 is 0 Å². The number of aliphatic hydroxyl groups is 1. The van der Waals surface area contributed by atoms with Crippen LogP contribution in [0.25, 0.3) is 0 Å². The number of ether oxygens (including phenoxy) is 12. The monoisotopic (exact) mass is 864 g/mol. The fraction of sp³-hybridized carbons (Fsp3) is 1.00. The third-order valence-corrected chi connectivity index (χ3v) is 6.37. The lowest BCUT2D eigenvalue weighted by atomic mass is 9.97. The summed E-state index contributed by atoms with van der Waals surface area (Å²) in [4.78, 5) is 0. The summed E-state index contributed by atoms with van der Waals surface area (Å²) in [6.07, 6.45) is -14.1. The normalized spacial score (nSPS) is 13.6. The Morgan fingerprint density at radius 3 is 0.661 bits per heavy atom. The molecule has 0 spiro atoms. The molecule has 0 aliphatic heterocycles. The van der Waals surface area contributed by atoms with Gasteiger partial charge in [0.05, 0.1) is 159 Å². The molecule has 0 fully saturated rings. The molecule has 0 rings (SSSR count). The standard InChI is InChI=1S/C30H49F13O13/c31-25(32,27(35,36)29(39,40)41)26(33,34)28(37,38)30(42,43)56-24-23-55-22-21-54-20-19-53-18-17-52-16-15-51-14-13-50-12-11-49-10-9-48-8-7-47-6-5-46-4-3-45-2-1-44/h44H,1-24H2. The average Bonchev–Trinajstić information content (AvgIpc) is 3.12. The van der Waals surface area contributed by atoms with E-state index in [-0.39, 0.29) is 52.9 Å².